The minimum Gasteiger partial charge on any atom is -0.486 e. The highest BCUT2D eigenvalue weighted by Gasteiger charge is 2.19. The smallest absolute Gasteiger partial charge is 0.162 e. The van der Waals surface area contributed by atoms with Gasteiger partial charge in [0.2, 0.25) is 0 Å². The Balaban J connectivity index is 2.25. The average Bonchev–Trinajstić information content (AvgIpc) is 2.40. The molecular formula is C14H20BrNO2. The molecule has 0 saturated heterocycles. The van der Waals surface area contributed by atoms with Gasteiger partial charge in [-0.3, -0.25) is 0 Å². The third-order valence-corrected chi connectivity index (χ3v) is 3.92. The monoisotopic (exact) mass is 313 g/mol. The maximum atomic E-state index is 5.64. The minimum absolute atomic E-state index is 0.357. The first-order valence-corrected chi connectivity index (χ1v) is 7.31. The van der Waals surface area contributed by atoms with Gasteiger partial charge < -0.3 is 14.8 Å². The number of fused-ring (bicyclic) bond motifs is 1. The topological polar surface area (TPSA) is 30.5 Å². The van der Waals surface area contributed by atoms with Gasteiger partial charge in [0.25, 0.3) is 0 Å². The Morgan fingerprint density at radius 3 is 2.56 bits per heavy atom. The third kappa shape index (κ3) is 2.98. The fourth-order valence-corrected chi connectivity index (χ4v) is 2.81. The lowest BCUT2D eigenvalue weighted by Crippen LogP contribution is -2.19. The molecule has 0 aromatic heterocycles. The molecule has 1 aromatic carbocycles. The summed E-state index contributed by atoms with van der Waals surface area (Å²) in [6.45, 7) is 3.48. The predicted octanol–water partition coefficient (Wildman–Crippen LogP) is 3.67. The van der Waals surface area contributed by atoms with Gasteiger partial charge in [0, 0.05) is 10.5 Å². The summed E-state index contributed by atoms with van der Waals surface area (Å²) in [5, 5.41) is 3.37. The van der Waals surface area contributed by atoms with Crippen LogP contribution in [0.4, 0.5) is 0 Å². The third-order valence-electron chi connectivity index (χ3n) is 3.23. The molecule has 1 unspecified atom stereocenters. The van der Waals surface area contributed by atoms with Crippen molar-refractivity contribution in [3.63, 3.8) is 0 Å². The second kappa shape index (κ2) is 6.43. The summed E-state index contributed by atoms with van der Waals surface area (Å²) in [6, 6.07) is 4.46. The van der Waals surface area contributed by atoms with Crippen LogP contribution < -0.4 is 14.8 Å². The lowest BCUT2D eigenvalue weighted by atomic mass is 10.0. The van der Waals surface area contributed by atoms with Crippen LogP contribution in [0, 0.1) is 0 Å². The predicted molar refractivity (Wildman–Crippen MR) is 76.5 cm³/mol. The van der Waals surface area contributed by atoms with E-state index in [1.165, 1.54) is 18.4 Å². The van der Waals surface area contributed by atoms with Crippen LogP contribution in [0.2, 0.25) is 0 Å². The number of rotatable bonds is 5. The van der Waals surface area contributed by atoms with Gasteiger partial charge in [-0.25, -0.2) is 0 Å². The Labute approximate surface area is 117 Å². The quantitative estimate of drug-likeness (QED) is 0.899. The molecule has 0 fully saturated rings. The highest BCUT2D eigenvalue weighted by atomic mass is 79.9. The first-order valence-electron chi connectivity index (χ1n) is 6.52. The zero-order valence-electron chi connectivity index (χ0n) is 11.0. The van der Waals surface area contributed by atoms with E-state index in [4.69, 9.17) is 9.47 Å². The van der Waals surface area contributed by atoms with Gasteiger partial charge in [0.15, 0.2) is 11.5 Å². The molecule has 0 amide bonds. The molecule has 18 heavy (non-hydrogen) atoms. The van der Waals surface area contributed by atoms with E-state index in [0.29, 0.717) is 19.3 Å². The molecule has 100 valence electrons. The van der Waals surface area contributed by atoms with Gasteiger partial charge in [-0.1, -0.05) is 35.7 Å². The fourth-order valence-electron chi connectivity index (χ4n) is 2.21. The van der Waals surface area contributed by atoms with Crippen molar-refractivity contribution < 1.29 is 9.47 Å². The maximum absolute atomic E-state index is 5.64. The van der Waals surface area contributed by atoms with E-state index in [1.807, 2.05) is 13.1 Å². The number of hydrogen-bond donors (Lipinski definition) is 1. The molecular weight excluding hydrogens is 294 g/mol. The molecule has 1 aromatic rings. The summed E-state index contributed by atoms with van der Waals surface area (Å²) in [6.07, 6.45) is 3.55. The summed E-state index contributed by atoms with van der Waals surface area (Å²) in [5.74, 6) is 1.69. The summed E-state index contributed by atoms with van der Waals surface area (Å²) >= 11 is 3.63. The van der Waals surface area contributed by atoms with Gasteiger partial charge in [-0.15, -0.1) is 0 Å². The van der Waals surface area contributed by atoms with Crippen LogP contribution in [0.1, 0.15) is 37.8 Å². The standard InChI is InChI=1S/C14H20BrNO2/c1-3-4-5-12(16-2)10-8-13-14(9-11(10)15)18-7-6-17-13/h8-9,12,16H,3-7H2,1-2H3. The van der Waals surface area contributed by atoms with E-state index in [2.05, 4.69) is 34.2 Å². The highest BCUT2D eigenvalue weighted by Crippen LogP contribution is 2.38. The summed E-state index contributed by atoms with van der Waals surface area (Å²) < 4.78 is 12.3. The number of nitrogens with one attached hydrogen (secondary N) is 1. The molecule has 0 radical (unpaired) electrons. The number of benzene rings is 1. The van der Waals surface area contributed by atoms with Crippen molar-refractivity contribution in [3.05, 3.63) is 22.2 Å². The molecule has 0 aliphatic carbocycles. The van der Waals surface area contributed by atoms with E-state index in [9.17, 15) is 0 Å². The zero-order chi connectivity index (χ0) is 13.0. The van der Waals surface area contributed by atoms with Crippen molar-refractivity contribution in [1.82, 2.24) is 5.32 Å². The van der Waals surface area contributed by atoms with Crippen LogP contribution in [0.25, 0.3) is 0 Å². The van der Waals surface area contributed by atoms with Gasteiger partial charge in [0.1, 0.15) is 13.2 Å². The molecule has 1 aliphatic heterocycles. The molecule has 1 aliphatic rings. The van der Waals surface area contributed by atoms with Crippen molar-refractivity contribution in [2.24, 2.45) is 0 Å². The average molecular weight is 314 g/mol. The van der Waals surface area contributed by atoms with E-state index in [-0.39, 0.29) is 0 Å². The van der Waals surface area contributed by atoms with E-state index in [0.717, 1.165) is 22.4 Å². The van der Waals surface area contributed by atoms with Crippen molar-refractivity contribution in [3.8, 4) is 11.5 Å². The van der Waals surface area contributed by atoms with Crippen LogP contribution in [0.15, 0.2) is 16.6 Å². The minimum atomic E-state index is 0.357. The first kappa shape index (κ1) is 13.7. The molecule has 4 heteroatoms. The van der Waals surface area contributed by atoms with Crippen molar-refractivity contribution in [2.45, 2.75) is 32.2 Å². The molecule has 0 spiro atoms. The highest BCUT2D eigenvalue weighted by molar-refractivity contribution is 9.10. The zero-order valence-corrected chi connectivity index (χ0v) is 12.5. The maximum Gasteiger partial charge on any atom is 0.162 e. The molecule has 0 saturated carbocycles. The molecule has 3 nitrogen and oxygen atoms in total. The fraction of sp³-hybridized carbons (Fsp3) is 0.571. The van der Waals surface area contributed by atoms with E-state index >= 15 is 0 Å². The summed E-state index contributed by atoms with van der Waals surface area (Å²) in [7, 11) is 2.00. The Morgan fingerprint density at radius 2 is 1.94 bits per heavy atom. The van der Waals surface area contributed by atoms with Crippen molar-refractivity contribution in [2.75, 3.05) is 20.3 Å². The Kier molecular flexibility index (Phi) is 4.89. The molecule has 1 atom stereocenters. The molecule has 2 rings (SSSR count). The Morgan fingerprint density at radius 1 is 1.28 bits per heavy atom. The summed E-state index contributed by atoms with van der Waals surface area (Å²) in [4.78, 5) is 0. The second-order valence-corrected chi connectivity index (χ2v) is 5.36. The van der Waals surface area contributed by atoms with Crippen LogP contribution in [0.5, 0.6) is 11.5 Å². The number of unbranched alkanes of at least 4 members (excludes halogenated alkanes) is 1. The number of hydrogen-bond acceptors (Lipinski definition) is 3. The van der Waals surface area contributed by atoms with Gasteiger partial charge in [0.05, 0.1) is 0 Å². The van der Waals surface area contributed by atoms with Crippen LogP contribution in [0.3, 0.4) is 0 Å². The normalized spacial score (nSPS) is 15.5. The van der Waals surface area contributed by atoms with Crippen molar-refractivity contribution >= 4 is 15.9 Å². The Bertz CT molecular complexity index is 409. The summed E-state index contributed by atoms with van der Waals surface area (Å²) in [5.41, 5.74) is 1.25. The second-order valence-electron chi connectivity index (χ2n) is 4.50. The lowest BCUT2D eigenvalue weighted by molar-refractivity contribution is 0.171. The van der Waals surface area contributed by atoms with Crippen molar-refractivity contribution in [1.29, 1.82) is 0 Å². The SMILES string of the molecule is CCCCC(NC)c1cc2c(cc1Br)OCCO2. The number of ether oxygens (including phenoxy) is 2. The number of halogens is 1. The van der Waals surface area contributed by atoms with E-state index in [1.54, 1.807) is 0 Å². The largest absolute Gasteiger partial charge is 0.486 e. The van der Waals surface area contributed by atoms with Crippen LogP contribution in [-0.2, 0) is 0 Å². The van der Waals surface area contributed by atoms with Gasteiger partial charge in [-0.05, 0) is 31.2 Å². The molecule has 0 bridgehead atoms. The molecule has 1 N–H and O–H groups in total. The van der Waals surface area contributed by atoms with Gasteiger partial charge in [-0.2, -0.15) is 0 Å². The van der Waals surface area contributed by atoms with Crippen LogP contribution in [-0.4, -0.2) is 20.3 Å². The first-order chi connectivity index (χ1) is 8.76. The lowest BCUT2D eigenvalue weighted by Gasteiger charge is -2.23. The van der Waals surface area contributed by atoms with Crippen LogP contribution >= 0.6 is 15.9 Å². The molecule has 1 heterocycles. The Hall–Kier alpha value is -0.740. The van der Waals surface area contributed by atoms with E-state index < -0.39 is 0 Å². The van der Waals surface area contributed by atoms with Gasteiger partial charge >= 0.3 is 0 Å².